The molecule has 1 unspecified atom stereocenters. The highest BCUT2D eigenvalue weighted by molar-refractivity contribution is 5.96. The Morgan fingerprint density at radius 1 is 1.15 bits per heavy atom. The van der Waals surface area contributed by atoms with Gasteiger partial charge in [0.2, 0.25) is 5.95 Å². The number of carbonyl (C=O) groups excluding carboxylic acids is 1. The predicted octanol–water partition coefficient (Wildman–Crippen LogP) is 3.74. The summed E-state index contributed by atoms with van der Waals surface area (Å²) in [7, 11) is 0. The van der Waals surface area contributed by atoms with Crippen LogP contribution in [0, 0.1) is 0 Å². The Labute approximate surface area is 157 Å². The second-order valence-electron chi connectivity index (χ2n) is 6.49. The van der Waals surface area contributed by atoms with Crippen LogP contribution in [0.5, 0.6) is 5.75 Å². The summed E-state index contributed by atoms with van der Waals surface area (Å²) in [6.45, 7) is 3.98. The third-order valence-electron chi connectivity index (χ3n) is 4.62. The monoisotopic (exact) mass is 360 g/mol. The molecule has 1 aliphatic heterocycles. The lowest BCUT2D eigenvalue weighted by Gasteiger charge is -2.28. The molecular weight excluding hydrogens is 340 g/mol. The third-order valence-corrected chi connectivity index (χ3v) is 4.62. The molecule has 27 heavy (non-hydrogen) atoms. The number of allylic oxidation sites excluding steroid dienone is 2. The summed E-state index contributed by atoms with van der Waals surface area (Å²) in [6.07, 6.45) is 1.49. The van der Waals surface area contributed by atoms with Gasteiger partial charge in [-0.3, -0.25) is 4.79 Å². The molecule has 0 amide bonds. The molecule has 136 valence electrons. The van der Waals surface area contributed by atoms with Gasteiger partial charge in [-0.15, -0.1) is 0 Å². The van der Waals surface area contributed by atoms with E-state index in [-0.39, 0.29) is 11.8 Å². The molecule has 0 saturated carbocycles. The number of Topliss-reactive ketones (excluding diaryl/α,β-unsaturated/α-hetero) is 1. The topological polar surface area (TPSA) is 69.0 Å². The van der Waals surface area contributed by atoms with Gasteiger partial charge >= 0.3 is 0 Å². The van der Waals surface area contributed by atoms with E-state index < -0.39 is 0 Å². The molecule has 3 aromatic rings. The number of ketones is 1. The van der Waals surface area contributed by atoms with E-state index in [1.54, 1.807) is 11.6 Å². The molecule has 1 aliphatic rings. The summed E-state index contributed by atoms with van der Waals surface area (Å²) in [4.78, 5) is 16.5. The smallest absolute Gasteiger partial charge is 0.226 e. The first-order valence-corrected chi connectivity index (χ1v) is 8.78. The van der Waals surface area contributed by atoms with Gasteiger partial charge in [0.15, 0.2) is 5.78 Å². The lowest BCUT2D eigenvalue weighted by atomic mass is 9.93. The van der Waals surface area contributed by atoms with E-state index >= 15 is 0 Å². The van der Waals surface area contributed by atoms with Gasteiger partial charge in [0, 0.05) is 11.3 Å². The molecule has 2 heterocycles. The Kier molecular flexibility index (Phi) is 4.46. The number of carbonyl (C=O) groups is 1. The molecule has 0 fully saturated rings. The van der Waals surface area contributed by atoms with E-state index in [9.17, 15) is 4.79 Å². The number of nitrogens with one attached hydrogen (secondary N) is 1. The van der Waals surface area contributed by atoms with Crippen LogP contribution in [-0.4, -0.2) is 20.5 Å². The van der Waals surface area contributed by atoms with E-state index in [1.165, 1.54) is 6.33 Å². The molecule has 1 aromatic heterocycles. The van der Waals surface area contributed by atoms with E-state index in [1.807, 2.05) is 61.5 Å². The van der Waals surface area contributed by atoms with Crippen molar-refractivity contribution in [2.24, 2.45) is 0 Å². The zero-order chi connectivity index (χ0) is 18.8. The van der Waals surface area contributed by atoms with Crippen molar-refractivity contribution in [3.8, 4) is 5.75 Å². The minimum absolute atomic E-state index is 0.00977. The zero-order valence-corrected chi connectivity index (χ0v) is 15.2. The highest BCUT2D eigenvalue weighted by Crippen LogP contribution is 2.35. The highest BCUT2D eigenvalue weighted by Gasteiger charge is 2.31. The lowest BCUT2D eigenvalue weighted by molar-refractivity contribution is -0.114. The van der Waals surface area contributed by atoms with Crippen LogP contribution in [0.2, 0.25) is 0 Å². The van der Waals surface area contributed by atoms with Crippen LogP contribution in [0.15, 0.2) is 72.2 Å². The number of nitrogens with zero attached hydrogens (tertiary/aromatic N) is 3. The average Bonchev–Trinajstić information content (AvgIpc) is 3.14. The number of benzene rings is 2. The van der Waals surface area contributed by atoms with Crippen LogP contribution in [-0.2, 0) is 11.4 Å². The summed E-state index contributed by atoms with van der Waals surface area (Å²) < 4.78 is 7.60. The first-order chi connectivity index (χ1) is 13.1. The number of aromatic nitrogens is 3. The molecular formula is C21H20N4O2. The predicted molar refractivity (Wildman–Crippen MR) is 102 cm³/mol. The minimum atomic E-state index is -0.301. The normalized spacial score (nSPS) is 15.9. The van der Waals surface area contributed by atoms with E-state index in [2.05, 4.69) is 15.4 Å². The van der Waals surface area contributed by atoms with Gasteiger partial charge in [-0.05, 0) is 37.1 Å². The van der Waals surface area contributed by atoms with Crippen molar-refractivity contribution in [3.05, 3.63) is 83.3 Å². The van der Waals surface area contributed by atoms with Crippen LogP contribution in [0.1, 0.15) is 31.0 Å². The van der Waals surface area contributed by atoms with Gasteiger partial charge in [0.05, 0.1) is 0 Å². The molecule has 6 nitrogen and oxygen atoms in total. The van der Waals surface area contributed by atoms with Gasteiger partial charge in [-0.1, -0.05) is 42.5 Å². The number of hydrogen-bond donors (Lipinski definition) is 1. The minimum Gasteiger partial charge on any atom is -0.489 e. The van der Waals surface area contributed by atoms with Gasteiger partial charge in [0.25, 0.3) is 0 Å². The van der Waals surface area contributed by atoms with Crippen LogP contribution in [0.4, 0.5) is 5.95 Å². The molecule has 2 aromatic carbocycles. The summed E-state index contributed by atoms with van der Waals surface area (Å²) in [6, 6.07) is 17.5. The van der Waals surface area contributed by atoms with Crippen molar-refractivity contribution >= 4 is 11.7 Å². The first kappa shape index (κ1) is 17.0. The summed E-state index contributed by atoms with van der Waals surface area (Å²) in [5, 5.41) is 7.45. The Balaban J connectivity index is 1.60. The molecule has 6 heteroatoms. The summed E-state index contributed by atoms with van der Waals surface area (Å²) >= 11 is 0. The second kappa shape index (κ2) is 7.07. The third kappa shape index (κ3) is 3.33. The van der Waals surface area contributed by atoms with Crippen molar-refractivity contribution < 1.29 is 9.53 Å². The van der Waals surface area contributed by atoms with Crippen LogP contribution in [0.25, 0.3) is 0 Å². The van der Waals surface area contributed by atoms with Gasteiger partial charge in [-0.25, -0.2) is 4.68 Å². The first-order valence-electron chi connectivity index (χ1n) is 8.78. The second-order valence-corrected chi connectivity index (χ2v) is 6.49. The number of fused-ring (bicyclic) bond motifs is 1. The zero-order valence-electron chi connectivity index (χ0n) is 15.2. The van der Waals surface area contributed by atoms with Crippen molar-refractivity contribution in [2.75, 3.05) is 5.32 Å². The molecule has 4 rings (SSSR count). The molecule has 0 aliphatic carbocycles. The van der Waals surface area contributed by atoms with Crippen LogP contribution in [0.3, 0.4) is 0 Å². The fourth-order valence-electron chi connectivity index (χ4n) is 3.34. The fourth-order valence-corrected chi connectivity index (χ4v) is 3.34. The number of hydrogen-bond acceptors (Lipinski definition) is 5. The molecule has 1 N–H and O–H groups in total. The molecule has 0 saturated heterocycles. The van der Waals surface area contributed by atoms with E-state index in [0.717, 1.165) is 22.6 Å². The molecule has 0 radical (unpaired) electrons. The largest absolute Gasteiger partial charge is 0.489 e. The molecule has 0 bridgehead atoms. The fraction of sp³-hybridized carbons (Fsp3) is 0.190. The lowest BCUT2D eigenvalue weighted by Crippen LogP contribution is -2.27. The quantitative estimate of drug-likeness (QED) is 0.751. The van der Waals surface area contributed by atoms with Crippen LogP contribution < -0.4 is 10.1 Å². The van der Waals surface area contributed by atoms with Gasteiger partial charge in [0.1, 0.15) is 24.7 Å². The highest BCUT2D eigenvalue weighted by atomic mass is 16.5. The Bertz CT molecular complexity index is 991. The Morgan fingerprint density at radius 2 is 1.89 bits per heavy atom. The van der Waals surface area contributed by atoms with E-state index in [4.69, 9.17) is 4.74 Å². The van der Waals surface area contributed by atoms with Crippen molar-refractivity contribution in [1.82, 2.24) is 14.8 Å². The van der Waals surface area contributed by atoms with Gasteiger partial charge in [-0.2, -0.15) is 10.1 Å². The maximum absolute atomic E-state index is 12.3. The van der Waals surface area contributed by atoms with Crippen molar-refractivity contribution in [3.63, 3.8) is 0 Å². The number of rotatable bonds is 5. The summed E-state index contributed by atoms with van der Waals surface area (Å²) in [5.74, 6) is 1.42. The van der Waals surface area contributed by atoms with E-state index in [0.29, 0.717) is 18.1 Å². The maximum atomic E-state index is 12.3. The number of anilines is 1. The van der Waals surface area contributed by atoms with Crippen LogP contribution >= 0.6 is 0 Å². The maximum Gasteiger partial charge on any atom is 0.226 e. The standard InChI is InChI=1S/C21H20N4O2/c1-14-19(15(2)26)20(25-21(24-14)22-13-23-25)17-8-10-18(11-9-17)27-12-16-6-4-3-5-7-16/h3-11,13,20H,12H2,1-2H3,(H,22,23,24). The van der Waals surface area contributed by atoms with Crippen molar-refractivity contribution in [1.29, 1.82) is 0 Å². The number of ether oxygens (including phenoxy) is 1. The molecule has 1 atom stereocenters. The molecule has 0 spiro atoms. The Hall–Kier alpha value is -3.41. The Morgan fingerprint density at radius 3 is 2.59 bits per heavy atom. The summed E-state index contributed by atoms with van der Waals surface area (Å²) in [5.41, 5.74) is 3.56. The SMILES string of the molecule is CC(=O)C1=C(C)Nc2ncnn2C1c1ccc(OCc2ccccc2)cc1. The average molecular weight is 360 g/mol. The van der Waals surface area contributed by atoms with Crippen molar-refractivity contribution in [2.45, 2.75) is 26.5 Å². The van der Waals surface area contributed by atoms with Gasteiger partial charge < -0.3 is 10.1 Å².